The van der Waals surface area contributed by atoms with Crippen LogP contribution in [-0.2, 0) is 10.8 Å². The molecule has 0 aromatic heterocycles. The first-order valence-corrected chi connectivity index (χ1v) is 21.0. The lowest BCUT2D eigenvalue weighted by atomic mass is 9.72. The van der Waals surface area contributed by atoms with E-state index in [0.717, 1.165) is 70.5 Å². The molecule has 0 saturated carbocycles. The molecule has 0 radical (unpaired) electrons. The quantitative estimate of drug-likeness (QED) is 0.0701. The number of nitrogen functional groups attached to an aromatic ring is 4. The van der Waals surface area contributed by atoms with E-state index in [-0.39, 0.29) is 16.9 Å². The first-order chi connectivity index (χ1) is 32.4. The van der Waals surface area contributed by atoms with Crippen LogP contribution in [0, 0.1) is 0 Å². The molecule has 0 saturated heterocycles. The van der Waals surface area contributed by atoms with E-state index < -0.39 is 40.4 Å². The highest BCUT2D eigenvalue weighted by atomic mass is 19.4. The maximum absolute atomic E-state index is 14.9. The summed E-state index contributed by atoms with van der Waals surface area (Å²) in [4.78, 5) is 0. The summed E-state index contributed by atoms with van der Waals surface area (Å²) < 4.78 is 113. The second kappa shape index (κ2) is 19.7. The Hall–Kier alpha value is -8.26. The van der Waals surface area contributed by atoms with Crippen LogP contribution in [0.25, 0.3) is 0 Å². The SMILES string of the molecule is CC(C)(c1ccccc1Oc1ccc(N)cc1)c1ccccc1Oc1ccc(N)cc1.Nc1ccc(Oc2ccccc2C(c2ccccc2Oc2ccc(N)cc2)(C(F)(F)F)C(F)(F)F)cc1. The van der Waals surface area contributed by atoms with Crippen molar-refractivity contribution in [1.82, 2.24) is 0 Å². The normalized spacial score (nSPS) is 11.8. The van der Waals surface area contributed by atoms with Gasteiger partial charge in [-0.1, -0.05) is 86.6 Å². The molecule has 8 N–H and O–H groups in total. The number of anilines is 4. The third-order valence-electron chi connectivity index (χ3n) is 11.0. The van der Waals surface area contributed by atoms with Crippen molar-refractivity contribution in [3.63, 3.8) is 0 Å². The zero-order valence-electron chi connectivity index (χ0n) is 36.7. The molecule has 0 heterocycles. The molecule has 0 aliphatic carbocycles. The Bertz CT molecular complexity index is 2740. The van der Waals surface area contributed by atoms with E-state index in [1.807, 2.05) is 84.9 Å². The highest BCUT2D eigenvalue weighted by Gasteiger charge is 2.74. The van der Waals surface area contributed by atoms with Gasteiger partial charge in [0.25, 0.3) is 0 Å². The minimum absolute atomic E-state index is 0.00584. The van der Waals surface area contributed by atoms with Crippen molar-refractivity contribution < 1.29 is 45.3 Å². The monoisotopic (exact) mass is 928 g/mol. The molecule has 0 aliphatic heterocycles. The molecule has 0 bridgehead atoms. The molecule has 348 valence electrons. The van der Waals surface area contributed by atoms with Gasteiger partial charge in [-0.3, -0.25) is 0 Å². The van der Waals surface area contributed by atoms with Crippen molar-refractivity contribution in [3.05, 3.63) is 216 Å². The van der Waals surface area contributed by atoms with Gasteiger partial charge in [0.1, 0.15) is 46.0 Å². The number of ether oxygens (including phenoxy) is 4. The zero-order valence-corrected chi connectivity index (χ0v) is 36.7. The predicted molar refractivity (Wildman–Crippen MR) is 254 cm³/mol. The molecule has 0 aliphatic rings. The molecule has 0 unspecified atom stereocenters. The van der Waals surface area contributed by atoms with Crippen molar-refractivity contribution in [2.75, 3.05) is 22.9 Å². The topological polar surface area (TPSA) is 141 Å². The molecule has 8 aromatic rings. The maximum Gasteiger partial charge on any atom is 0.411 e. The molecule has 8 aromatic carbocycles. The van der Waals surface area contributed by atoms with Crippen LogP contribution in [0.15, 0.2) is 194 Å². The van der Waals surface area contributed by atoms with E-state index in [9.17, 15) is 26.3 Å². The lowest BCUT2D eigenvalue weighted by Crippen LogP contribution is -2.55. The fourth-order valence-electron chi connectivity index (χ4n) is 7.59. The number of hydrogen-bond donors (Lipinski definition) is 4. The Morgan fingerprint density at radius 2 is 0.500 bits per heavy atom. The van der Waals surface area contributed by atoms with Crippen LogP contribution in [0.5, 0.6) is 46.0 Å². The number of benzene rings is 8. The van der Waals surface area contributed by atoms with Crippen LogP contribution in [0.4, 0.5) is 49.1 Å². The Labute approximate surface area is 389 Å². The van der Waals surface area contributed by atoms with Crippen LogP contribution in [-0.4, -0.2) is 12.4 Å². The largest absolute Gasteiger partial charge is 0.457 e. The number of nitrogens with two attached hydrogens (primary N) is 4. The average molecular weight is 929 g/mol. The van der Waals surface area contributed by atoms with E-state index in [0.29, 0.717) is 22.7 Å². The lowest BCUT2D eigenvalue weighted by molar-refractivity contribution is -0.289. The van der Waals surface area contributed by atoms with Crippen LogP contribution in [0.3, 0.4) is 0 Å². The number of halogens is 6. The summed E-state index contributed by atoms with van der Waals surface area (Å²) in [6.07, 6.45) is -11.7. The summed E-state index contributed by atoms with van der Waals surface area (Å²) in [7, 11) is 0. The summed E-state index contributed by atoms with van der Waals surface area (Å²) >= 11 is 0. The standard InChI is InChI=1S/C27H20F6N2O2.C27H26N2O2/c28-26(29,30)25(27(31,32)33,21-5-1-3-7-23(21)36-19-13-9-17(34)10-14-19)22-6-2-4-8-24(22)37-20-15-11-18(35)12-16-20;1-27(2,23-7-3-5-9-25(23)30-21-15-11-19(28)12-16-21)24-8-4-6-10-26(24)31-22-17-13-20(29)14-18-22/h1-16H,34-35H2;3-18H,28-29H2,1-2H3. The van der Waals surface area contributed by atoms with Gasteiger partial charge in [0.15, 0.2) is 0 Å². The van der Waals surface area contributed by atoms with E-state index in [1.54, 1.807) is 0 Å². The molecule has 0 fully saturated rings. The highest BCUT2D eigenvalue weighted by molar-refractivity contribution is 5.58. The molecule has 14 heteroatoms. The van der Waals surface area contributed by atoms with E-state index >= 15 is 0 Å². The summed E-state index contributed by atoms with van der Waals surface area (Å²) in [5.41, 5.74) is 19.9. The second-order valence-electron chi connectivity index (χ2n) is 16.0. The third kappa shape index (κ3) is 10.4. The van der Waals surface area contributed by atoms with Crippen molar-refractivity contribution in [1.29, 1.82) is 0 Å². The van der Waals surface area contributed by atoms with Gasteiger partial charge in [0.2, 0.25) is 5.41 Å². The molecule has 8 rings (SSSR count). The van der Waals surface area contributed by atoms with E-state index in [4.69, 9.17) is 41.9 Å². The Kier molecular flexibility index (Phi) is 13.8. The third-order valence-corrected chi connectivity index (χ3v) is 11.0. The molecule has 0 amide bonds. The van der Waals surface area contributed by atoms with Gasteiger partial charge in [-0.15, -0.1) is 0 Å². The Balaban J connectivity index is 0.000000204. The van der Waals surface area contributed by atoms with Crippen molar-refractivity contribution in [2.45, 2.75) is 37.0 Å². The fourth-order valence-corrected chi connectivity index (χ4v) is 7.59. The van der Waals surface area contributed by atoms with E-state index in [1.165, 1.54) is 60.7 Å². The molecular weight excluding hydrogens is 883 g/mol. The first-order valence-electron chi connectivity index (χ1n) is 21.0. The number of hydrogen-bond acceptors (Lipinski definition) is 8. The molecule has 0 atom stereocenters. The summed E-state index contributed by atoms with van der Waals surface area (Å²) in [6.45, 7) is 4.34. The summed E-state index contributed by atoms with van der Waals surface area (Å²) in [6, 6.07) is 50.3. The predicted octanol–water partition coefficient (Wildman–Crippen LogP) is 14.6. The number of rotatable bonds is 12. The number of alkyl halides is 6. The molecule has 68 heavy (non-hydrogen) atoms. The summed E-state index contributed by atoms with van der Waals surface area (Å²) in [5, 5.41) is 0. The van der Waals surface area contributed by atoms with Crippen molar-refractivity contribution in [3.8, 4) is 46.0 Å². The highest BCUT2D eigenvalue weighted by Crippen LogP contribution is 2.60. The van der Waals surface area contributed by atoms with Gasteiger partial charge in [-0.05, 0) is 121 Å². The average Bonchev–Trinajstić information content (AvgIpc) is 3.30. The van der Waals surface area contributed by atoms with E-state index in [2.05, 4.69) is 26.0 Å². The van der Waals surface area contributed by atoms with Gasteiger partial charge in [0.05, 0.1) is 0 Å². The first kappa shape index (κ1) is 47.7. The maximum atomic E-state index is 14.9. The second-order valence-corrected chi connectivity index (χ2v) is 16.0. The minimum Gasteiger partial charge on any atom is -0.457 e. The van der Waals surface area contributed by atoms with Gasteiger partial charge < -0.3 is 41.9 Å². The zero-order chi connectivity index (χ0) is 48.7. The van der Waals surface area contributed by atoms with Gasteiger partial charge in [-0.25, -0.2) is 0 Å². The molecule has 0 spiro atoms. The number of para-hydroxylation sites is 4. The Morgan fingerprint density at radius 1 is 0.294 bits per heavy atom. The smallest absolute Gasteiger partial charge is 0.411 e. The van der Waals surface area contributed by atoms with Gasteiger partial charge in [0, 0.05) is 50.4 Å². The van der Waals surface area contributed by atoms with Crippen LogP contribution >= 0.6 is 0 Å². The van der Waals surface area contributed by atoms with Crippen LogP contribution in [0.1, 0.15) is 36.1 Å². The fraction of sp³-hybridized carbons (Fsp3) is 0.111. The van der Waals surface area contributed by atoms with Crippen LogP contribution < -0.4 is 41.9 Å². The lowest BCUT2D eigenvalue weighted by Gasteiger charge is -2.39. The Morgan fingerprint density at radius 3 is 0.735 bits per heavy atom. The van der Waals surface area contributed by atoms with Gasteiger partial charge >= 0.3 is 12.4 Å². The van der Waals surface area contributed by atoms with Crippen molar-refractivity contribution in [2.24, 2.45) is 0 Å². The molecule has 8 nitrogen and oxygen atoms in total. The van der Waals surface area contributed by atoms with Crippen molar-refractivity contribution >= 4 is 22.7 Å². The van der Waals surface area contributed by atoms with Crippen LogP contribution in [0.2, 0.25) is 0 Å². The van der Waals surface area contributed by atoms with Gasteiger partial charge in [-0.2, -0.15) is 26.3 Å². The molecular formula is C54H46F6N4O4. The minimum atomic E-state index is -5.85. The summed E-state index contributed by atoms with van der Waals surface area (Å²) in [5.74, 6) is 1.80.